The average molecular weight is 236 g/mol. The van der Waals surface area contributed by atoms with Gasteiger partial charge in [0.05, 0.1) is 0 Å². The third-order valence-electron chi connectivity index (χ3n) is 2.52. The van der Waals surface area contributed by atoms with Crippen molar-refractivity contribution < 1.29 is 14.5 Å². The molecule has 0 aliphatic rings. The van der Waals surface area contributed by atoms with Crippen LogP contribution in [0.15, 0.2) is 29.8 Å². The normalized spacial score (nSPS) is 10.8. The van der Waals surface area contributed by atoms with Gasteiger partial charge in [0.15, 0.2) is 0 Å². The molecule has 0 aliphatic carbocycles. The van der Waals surface area contributed by atoms with Crippen LogP contribution in [0, 0.1) is 0 Å². The van der Waals surface area contributed by atoms with E-state index in [1.807, 2.05) is 12.1 Å². The number of hydrogen-bond donors (Lipinski definition) is 1. The predicted molar refractivity (Wildman–Crippen MR) is 63.5 cm³/mol. The summed E-state index contributed by atoms with van der Waals surface area (Å²) in [5.74, 6) is -0.708. The van der Waals surface area contributed by atoms with Crippen LogP contribution in [0.1, 0.15) is 19.3 Å². The Morgan fingerprint density at radius 2 is 2.12 bits per heavy atom. The Morgan fingerprint density at radius 3 is 2.94 bits per heavy atom. The molecule has 84 valence electrons. The Balaban J connectivity index is 1.97. The second kappa shape index (κ2) is 5.07. The monoisotopic (exact) mass is 236 g/mol. The summed E-state index contributed by atoms with van der Waals surface area (Å²) >= 11 is 1.72. The van der Waals surface area contributed by atoms with Gasteiger partial charge in [-0.1, -0.05) is 23.5 Å². The van der Waals surface area contributed by atoms with Gasteiger partial charge in [0, 0.05) is 18.9 Å². The summed E-state index contributed by atoms with van der Waals surface area (Å²) in [5.41, 5.74) is 3.34. The number of benzene rings is 1. The fourth-order valence-corrected chi connectivity index (χ4v) is 2.63. The summed E-state index contributed by atoms with van der Waals surface area (Å²) in [5, 5.41) is 8.54. The number of aliphatic carboxylic acids is 1. The van der Waals surface area contributed by atoms with Gasteiger partial charge in [0.25, 0.3) is 0 Å². The summed E-state index contributed by atoms with van der Waals surface area (Å²) in [6.45, 7) is 0.900. The highest BCUT2D eigenvalue weighted by Crippen LogP contribution is 2.15. The Hall–Kier alpha value is -1.42. The summed E-state index contributed by atoms with van der Waals surface area (Å²) in [7, 11) is 0. The minimum absolute atomic E-state index is 0.266. The van der Waals surface area contributed by atoms with E-state index >= 15 is 0 Å². The molecule has 16 heavy (non-hydrogen) atoms. The van der Waals surface area contributed by atoms with Gasteiger partial charge in [0.2, 0.25) is 11.0 Å². The second-order valence-electron chi connectivity index (χ2n) is 3.74. The van der Waals surface area contributed by atoms with Crippen LogP contribution >= 0.6 is 11.3 Å². The molecule has 1 N–H and O–H groups in total. The van der Waals surface area contributed by atoms with Crippen molar-refractivity contribution in [2.24, 2.45) is 0 Å². The van der Waals surface area contributed by atoms with Crippen molar-refractivity contribution in [3.8, 4) is 0 Å². The number of carbonyl (C=O) groups is 1. The highest BCUT2D eigenvalue weighted by molar-refractivity contribution is 7.16. The average Bonchev–Trinajstić information content (AvgIpc) is 2.68. The molecular weight excluding hydrogens is 222 g/mol. The molecule has 0 bridgehead atoms. The van der Waals surface area contributed by atoms with E-state index in [4.69, 9.17) is 5.11 Å². The van der Waals surface area contributed by atoms with E-state index < -0.39 is 5.97 Å². The molecule has 0 aliphatic heterocycles. The third-order valence-corrected chi connectivity index (χ3v) is 3.48. The minimum atomic E-state index is -0.708. The Bertz CT molecular complexity index is 492. The summed E-state index contributed by atoms with van der Waals surface area (Å²) < 4.78 is 3.47. The molecule has 1 aromatic heterocycles. The molecule has 2 rings (SSSR count). The standard InChI is InChI=1S/C12H13NO2S/c14-12(15)7-3-4-8-13-9-16-11-6-2-1-5-10(11)13/h1-2,5-6,9H,3-4,7-8H2/p+1. The Morgan fingerprint density at radius 1 is 1.31 bits per heavy atom. The molecule has 2 aromatic rings. The first kappa shape index (κ1) is 11.1. The molecule has 0 amide bonds. The van der Waals surface area contributed by atoms with E-state index in [1.54, 1.807) is 11.3 Å². The van der Waals surface area contributed by atoms with Gasteiger partial charge < -0.3 is 5.11 Å². The van der Waals surface area contributed by atoms with Crippen LogP contribution in [0.25, 0.3) is 10.2 Å². The Labute approximate surface area is 98.0 Å². The van der Waals surface area contributed by atoms with E-state index in [1.165, 1.54) is 10.2 Å². The maximum absolute atomic E-state index is 10.4. The van der Waals surface area contributed by atoms with Crippen molar-refractivity contribution >= 4 is 27.5 Å². The van der Waals surface area contributed by atoms with Crippen LogP contribution in [0.2, 0.25) is 0 Å². The number of para-hydroxylation sites is 1. The van der Waals surface area contributed by atoms with Crippen LogP contribution in [0.4, 0.5) is 0 Å². The first-order valence-corrected chi connectivity index (χ1v) is 6.23. The van der Waals surface area contributed by atoms with Gasteiger partial charge in [-0.05, 0) is 12.5 Å². The largest absolute Gasteiger partial charge is 0.481 e. The van der Waals surface area contributed by atoms with E-state index in [0.29, 0.717) is 0 Å². The van der Waals surface area contributed by atoms with Crippen molar-refractivity contribution in [1.82, 2.24) is 0 Å². The van der Waals surface area contributed by atoms with Crippen molar-refractivity contribution in [2.75, 3.05) is 0 Å². The highest BCUT2D eigenvalue weighted by atomic mass is 32.1. The zero-order valence-electron chi connectivity index (χ0n) is 8.93. The molecule has 0 fully saturated rings. The van der Waals surface area contributed by atoms with Crippen LogP contribution in [-0.4, -0.2) is 11.1 Å². The van der Waals surface area contributed by atoms with Crippen LogP contribution in [0.3, 0.4) is 0 Å². The fraction of sp³-hybridized carbons (Fsp3) is 0.333. The van der Waals surface area contributed by atoms with E-state index in [9.17, 15) is 4.79 Å². The van der Waals surface area contributed by atoms with Gasteiger partial charge in [-0.2, -0.15) is 4.57 Å². The quantitative estimate of drug-likeness (QED) is 0.640. The molecule has 0 saturated carbocycles. The first-order chi connectivity index (χ1) is 7.77. The number of fused-ring (bicyclic) bond motifs is 1. The summed E-state index contributed by atoms with van der Waals surface area (Å²) in [4.78, 5) is 10.4. The SMILES string of the molecule is O=C(O)CCCC[n+]1csc2ccccc21. The molecule has 0 atom stereocenters. The molecule has 3 nitrogen and oxygen atoms in total. The molecule has 0 radical (unpaired) electrons. The van der Waals surface area contributed by atoms with Crippen molar-refractivity contribution in [3.63, 3.8) is 0 Å². The number of carboxylic acid groups (broad SMARTS) is 1. The molecule has 4 heteroatoms. The number of hydrogen-bond acceptors (Lipinski definition) is 2. The lowest BCUT2D eigenvalue weighted by molar-refractivity contribution is -0.667. The first-order valence-electron chi connectivity index (χ1n) is 5.35. The van der Waals surface area contributed by atoms with E-state index in [-0.39, 0.29) is 6.42 Å². The number of rotatable bonds is 5. The van der Waals surface area contributed by atoms with Crippen molar-refractivity contribution in [2.45, 2.75) is 25.8 Å². The lowest BCUT2D eigenvalue weighted by atomic mass is 10.2. The topological polar surface area (TPSA) is 41.2 Å². The number of unbranched alkanes of at least 4 members (excludes halogenated alkanes) is 1. The molecular formula is C12H14NO2S+. The molecule has 0 unspecified atom stereocenters. The van der Waals surface area contributed by atoms with Crippen LogP contribution in [0.5, 0.6) is 0 Å². The number of thiazole rings is 1. The van der Waals surface area contributed by atoms with E-state index in [2.05, 4.69) is 22.2 Å². The molecule has 1 aromatic carbocycles. The molecule has 0 saturated heterocycles. The summed E-state index contributed by atoms with van der Waals surface area (Å²) in [6, 6.07) is 8.27. The fourth-order valence-electron chi connectivity index (χ4n) is 1.70. The lowest BCUT2D eigenvalue weighted by Gasteiger charge is -1.94. The highest BCUT2D eigenvalue weighted by Gasteiger charge is 2.10. The number of aryl methyl sites for hydroxylation is 1. The zero-order chi connectivity index (χ0) is 11.4. The van der Waals surface area contributed by atoms with Crippen molar-refractivity contribution in [3.05, 3.63) is 29.8 Å². The number of aromatic nitrogens is 1. The molecule has 0 spiro atoms. The lowest BCUT2D eigenvalue weighted by Crippen LogP contribution is -2.31. The molecule has 1 heterocycles. The number of carboxylic acids is 1. The number of nitrogens with zero attached hydrogens (tertiary/aromatic N) is 1. The second-order valence-corrected chi connectivity index (χ2v) is 4.62. The summed E-state index contributed by atoms with van der Waals surface area (Å²) in [6.07, 6.45) is 1.92. The Kier molecular flexibility index (Phi) is 3.51. The van der Waals surface area contributed by atoms with Crippen LogP contribution < -0.4 is 4.57 Å². The van der Waals surface area contributed by atoms with Gasteiger partial charge in [-0.15, -0.1) is 0 Å². The third kappa shape index (κ3) is 2.58. The van der Waals surface area contributed by atoms with E-state index in [0.717, 1.165) is 19.4 Å². The minimum Gasteiger partial charge on any atom is -0.481 e. The maximum Gasteiger partial charge on any atom is 0.303 e. The van der Waals surface area contributed by atoms with Gasteiger partial charge in [-0.3, -0.25) is 4.79 Å². The van der Waals surface area contributed by atoms with Gasteiger partial charge in [0.1, 0.15) is 11.2 Å². The smallest absolute Gasteiger partial charge is 0.303 e. The van der Waals surface area contributed by atoms with Crippen LogP contribution in [-0.2, 0) is 11.3 Å². The predicted octanol–water partition coefficient (Wildman–Crippen LogP) is 2.44. The zero-order valence-corrected chi connectivity index (χ0v) is 9.74. The van der Waals surface area contributed by atoms with Crippen molar-refractivity contribution in [1.29, 1.82) is 0 Å². The van der Waals surface area contributed by atoms with Gasteiger partial charge >= 0.3 is 5.97 Å². The maximum atomic E-state index is 10.4. The van der Waals surface area contributed by atoms with Gasteiger partial charge in [-0.25, -0.2) is 0 Å².